The van der Waals surface area contributed by atoms with Crippen LogP contribution >= 0.6 is 11.8 Å². The highest BCUT2D eigenvalue weighted by atomic mass is 32.2. The molecule has 1 saturated carbocycles. The average molecular weight is 527 g/mol. The van der Waals surface area contributed by atoms with Crippen LogP contribution in [-0.4, -0.2) is 31.3 Å². The number of esters is 1. The van der Waals surface area contributed by atoms with Gasteiger partial charge in [-0.05, 0) is 65.4 Å². The fourth-order valence-corrected chi connectivity index (χ4v) is 6.12. The van der Waals surface area contributed by atoms with E-state index in [1.165, 1.54) is 41.3 Å². The largest absolute Gasteiger partial charge is 0.466 e. The zero-order valence-electron chi connectivity index (χ0n) is 21.8. The number of carbonyl (C=O) groups excluding carboxylic acids is 2. The van der Waals surface area contributed by atoms with Crippen LogP contribution in [0.3, 0.4) is 0 Å². The predicted octanol–water partition coefficient (Wildman–Crippen LogP) is 7.17. The summed E-state index contributed by atoms with van der Waals surface area (Å²) in [6, 6.07) is 22.9. The van der Waals surface area contributed by atoms with Crippen molar-refractivity contribution in [2.45, 2.75) is 43.5 Å². The maximum Gasteiger partial charge on any atom is 0.330 e. The van der Waals surface area contributed by atoms with Crippen LogP contribution in [-0.2, 0) is 20.9 Å². The number of nitrogens with zero attached hydrogens (tertiary/aromatic N) is 1. The minimum Gasteiger partial charge on any atom is -0.466 e. The van der Waals surface area contributed by atoms with Crippen molar-refractivity contribution < 1.29 is 14.3 Å². The van der Waals surface area contributed by atoms with Crippen molar-refractivity contribution in [3.63, 3.8) is 0 Å². The molecule has 0 atom stereocenters. The van der Waals surface area contributed by atoms with Crippen molar-refractivity contribution >= 4 is 41.1 Å². The molecule has 3 aromatic rings. The van der Waals surface area contributed by atoms with E-state index in [0.717, 1.165) is 54.8 Å². The van der Waals surface area contributed by atoms with E-state index in [-0.39, 0.29) is 11.8 Å². The van der Waals surface area contributed by atoms with Gasteiger partial charge >= 0.3 is 5.97 Å². The van der Waals surface area contributed by atoms with Crippen LogP contribution in [0.25, 0.3) is 17.2 Å². The Morgan fingerprint density at radius 3 is 2.58 bits per heavy atom. The smallest absolute Gasteiger partial charge is 0.330 e. The molecule has 1 fully saturated rings. The third kappa shape index (κ3) is 6.30. The van der Waals surface area contributed by atoms with Crippen LogP contribution in [0.5, 0.6) is 0 Å². The van der Waals surface area contributed by atoms with Crippen molar-refractivity contribution in [3.8, 4) is 11.1 Å². The first-order valence-electron chi connectivity index (χ1n) is 13.4. The number of methoxy groups -OCH3 is 1. The van der Waals surface area contributed by atoms with Crippen molar-refractivity contribution in [2.24, 2.45) is 5.92 Å². The summed E-state index contributed by atoms with van der Waals surface area (Å²) in [6.07, 6.45) is 8.43. The summed E-state index contributed by atoms with van der Waals surface area (Å²) < 4.78 is 4.72. The molecule has 0 aromatic heterocycles. The zero-order valence-corrected chi connectivity index (χ0v) is 22.6. The molecule has 1 aliphatic heterocycles. The molecule has 6 heteroatoms. The SMILES string of the molecule is COC(=O)/C=C/c1cccc(N(Cc2ccc(-c3ccc4c(c3)SCCN4)cc2)C(=O)C2CCCCC2)c1. The molecule has 1 N–H and O–H groups in total. The molecule has 3 aromatic carbocycles. The number of hydrogen-bond acceptors (Lipinski definition) is 5. The standard InChI is InChI=1S/C32H34N2O3S/c1-37-31(35)17-12-23-6-5-9-28(20-23)34(32(36)26-7-3-2-4-8-26)22-24-10-13-25(14-11-24)27-15-16-29-30(21-27)38-19-18-33-29/h5-6,9-17,20-21,26,33H,2-4,7-8,18-19,22H2,1H3/b17-12+. The Bertz CT molecular complexity index is 1310. The van der Waals surface area contributed by atoms with Gasteiger partial charge in [0.15, 0.2) is 0 Å². The van der Waals surface area contributed by atoms with E-state index < -0.39 is 5.97 Å². The van der Waals surface area contributed by atoms with E-state index in [9.17, 15) is 9.59 Å². The van der Waals surface area contributed by atoms with Crippen molar-refractivity contribution in [1.82, 2.24) is 0 Å². The van der Waals surface area contributed by atoms with Gasteiger partial charge in [-0.3, -0.25) is 4.79 Å². The third-order valence-corrected chi connectivity index (χ3v) is 8.36. The van der Waals surface area contributed by atoms with Crippen LogP contribution in [0, 0.1) is 5.92 Å². The summed E-state index contributed by atoms with van der Waals surface area (Å²) in [7, 11) is 1.36. The number of hydrogen-bond donors (Lipinski definition) is 1. The Morgan fingerprint density at radius 1 is 1.00 bits per heavy atom. The van der Waals surface area contributed by atoms with Crippen molar-refractivity contribution in [3.05, 3.63) is 83.9 Å². The van der Waals surface area contributed by atoms with Gasteiger partial charge in [0.05, 0.1) is 13.7 Å². The van der Waals surface area contributed by atoms with E-state index in [2.05, 4.69) is 47.8 Å². The highest BCUT2D eigenvalue weighted by Gasteiger charge is 2.27. The second-order valence-electron chi connectivity index (χ2n) is 9.89. The number of rotatable bonds is 7. The van der Waals surface area contributed by atoms with Gasteiger partial charge in [-0.15, -0.1) is 11.8 Å². The monoisotopic (exact) mass is 526 g/mol. The van der Waals surface area contributed by atoms with Crippen LogP contribution < -0.4 is 10.2 Å². The molecule has 1 amide bonds. The number of benzene rings is 3. The summed E-state index contributed by atoms with van der Waals surface area (Å²) >= 11 is 1.89. The Kier molecular flexibility index (Phi) is 8.49. The zero-order chi connectivity index (χ0) is 26.3. The molecule has 0 unspecified atom stereocenters. The van der Waals surface area contributed by atoms with Gasteiger partial charge in [-0.1, -0.05) is 61.7 Å². The fourth-order valence-electron chi connectivity index (χ4n) is 5.19. The first kappa shape index (κ1) is 26.1. The minimum absolute atomic E-state index is 0.0545. The Balaban J connectivity index is 1.39. The minimum atomic E-state index is -0.403. The molecule has 5 nitrogen and oxygen atoms in total. The highest BCUT2D eigenvalue weighted by molar-refractivity contribution is 7.99. The molecule has 0 radical (unpaired) electrons. The highest BCUT2D eigenvalue weighted by Crippen LogP contribution is 2.35. The second-order valence-corrected chi connectivity index (χ2v) is 11.0. The lowest BCUT2D eigenvalue weighted by molar-refractivity contribution is -0.134. The molecular formula is C32H34N2O3S. The van der Waals surface area contributed by atoms with Crippen LogP contribution in [0.1, 0.15) is 43.2 Å². The first-order chi connectivity index (χ1) is 18.6. The van der Waals surface area contributed by atoms with E-state index >= 15 is 0 Å². The molecule has 1 heterocycles. The van der Waals surface area contributed by atoms with Crippen molar-refractivity contribution in [1.29, 1.82) is 0 Å². The topological polar surface area (TPSA) is 58.6 Å². The summed E-state index contributed by atoms with van der Waals surface area (Å²) in [5.74, 6) is 0.917. The lowest BCUT2D eigenvalue weighted by atomic mass is 9.88. The lowest BCUT2D eigenvalue weighted by Gasteiger charge is -2.30. The van der Waals surface area contributed by atoms with E-state index in [1.54, 1.807) is 6.08 Å². The molecule has 1 aliphatic carbocycles. The van der Waals surface area contributed by atoms with Gasteiger partial charge in [0.1, 0.15) is 0 Å². The summed E-state index contributed by atoms with van der Waals surface area (Å²) in [6.45, 7) is 1.51. The van der Waals surface area contributed by atoms with Gasteiger partial charge < -0.3 is 15.0 Å². The number of amides is 1. The number of anilines is 2. The van der Waals surface area contributed by atoms with Gasteiger partial charge in [0.2, 0.25) is 5.91 Å². The normalized spacial score (nSPS) is 15.5. The molecule has 5 rings (SSSR count). The van der Waals surface area contributed by atoms with E-state index in [0.29, 0.717) is 6.54 Å². The summed E-state index contributed by atoms with van der Waals surface area (Å²) in [5, 5.41) is 3.46. The molecular weight excluding hydrogens is 492 g/mol. The van der Waals surface area contributed by atoms with Crippen LogP contribution in [0.2, 0.25) is 0 Å². The molecule has 2 aliphatic rings. The van der Waals surface area contributed by atoms with Crippen LogP contribution in [0.4, 0.5) is 11.4 Å². The number of carbonyl (C=O) groups is 2. The molecule has 0 bridgehead atoms. The Labute approximate surface area is 229 Å². The second kappa shape index (κ2) is 12.4. The maximum absolute atomic E-state index is 13.8. The average Bonchev–Trinajstić information content (AvgIpc) is 2.99. The van der Waals surface area contributed by atoms with Gasteiger partial charge in [0.25, 0.3) is 0 Å². The van der Waals surface area contributed by atoms with Crippen molar-refractivity contribution in [2.75, 3.05) is 29.6 Å². The summed E-state index contributed by atoms with van der Waals surface area (Å²) in [5.41, 5.74) is 6.36. The number of thioether (sulfide) groups is 1. The quantitative estimate of drug-likeness (QED) is 0.261. The number of ether oxygens (including phenoxy) is 1. The van der Waals surface area contributed by atoms with Crippen LogP contribution in [0.15, 0.2) is 77.7 Å². The van der Waals surface area contributed by atoms with Gasteiger partial charge in [-0.25, -0.2) is 4.79 Å². The molecule has 38 heavy (non-hydrogen) atoms. The van der Waals surface area contributed by atoms with Gasteiger partial charge in [-0.2, -0.15) is 0 Å². The van der Waals surface area contributed by atoms with Gasteiger partial charge in [0, 0.05) is 40.6 Å². The first-order valence-corrected chi connectivity index (χ1v) is 14.4. The molecule has 0 spiro atoms. The number of nitrogens with one attached hydrogen (secondary N) is 1. The van der Waals surface area contributed by atoms with E-state index in [4.69, 9.17) is 4.74 Å². The Morgan fingerprint density at radius 2 is 1.79 bits per heavy atom. The summed E-state index contributed by atoms with van der Waals surface area (Å²) in [4.78, 5) is 28.6. The maximum atomic E-state index is 13.8. The fraction of sp³-hybridized carbons (Fsp3) is 0.312. The third-order valence-electron chi connectivity index (χ3n) is 7.30. The van der Waals surface area contributed by atoms with E-state index in [1.807, 2.05) is 40.9 Å². The predicted molar refractivity (Wildman–Crippen MR) is 156 cm³/mol. The lowest BCUT2D eigenvalue weighted by Crippen LogP contribution is -2.36. The molecule has 0 saturated heterocycles. The number of fused-ring (bicyclic) bond motifs is 1. The molecule has 196 valence electrons. The Hall–Kier alpha value is -3.51.